The third-order valence-corrected chi connectivity index (χ3v) is 4.94. The molecule has 4 heteroatoms. The Kier molecular flexibility index (Phi) is 2.74. The monoisotopic (exact) mass is 291 g/mol. The van der Waals surface area contributed by atoms with Gasteiger partial charge in [-0.2, -0.15) is 5.10 Å². The minimum absolute atomic E-state index is 0.00194. The number of halogens is 1. The maximum absolute atomic E-state index is 4.29. The van der Waals surface area contributed by atoms with Crippen LogP contribution in [-0.4, -0.2) is 14.8 Å². The Labute approximate surface area is 109 Å². The molecule has 0 spiro atoms. The summed E-state index contributed by atoms with van der Waals surface area (Å²) >= 11 is 3.95. The van der Waals surface area contributed by atoms with E-state index in [1.54, 1.807) is 6.33 Å². The zero-order valence-electron chi connectivity index (χ0n) is 9.46. The molecule has 1 aliphatic carbocycles. The molecule has 1 aromatic carbocycles. The smallest absolute Gasteiger partial charge is 0.137 e. The van der Waals surface area contributed by atoms with Crippen molar-refractivity contribution in [2.75, 3.05) is 0 Å². The molecule has 2 aromatic rings. The lowest BCUT2D eigenvalue weighted by Gasteiger charge is -2.30. The van der Waals surface area contributed by atoms with E-state index in [0.29, 0.717) is 6.04 Å². The van der Waals surface area contributed by atoms with Crippen molar-refractivity contribution in [1.82, 2.24) is 14.8 Å². The molecule has 0 radical (unpaired) electrons. The van der Waals surface area contributed by atoms with Crippen molar-refractivity contribution >= 4 is 15.9 Å². The first-order chi connectivity index (χ1) is 8.31. The van der Waals surface area contributed by atoms with Crippen molar-refractivity contribution in [2.45, 2.75) is 29.6 Å². The lowest BCUT2D eigenvalue weighted by Crippen LogP contribution is -2.26. The molecular weight excluding hydrogens is 278 g/mol. The number of hydrogen-bond acceptors (Lipinski definition) is 2. The quantitative estimate of drug-likeness (QED) is 0.795. The second-order valence-corrected chi connectivity index (χ2v) is 5.93. The maximum atomic E-state index is 4.29. The highest BCUT2D eigenvalue weighted by Crippen LogP contribution is 2.52. The summed E-state index contributed by atoms with van der Waals surface area (Å²) in [7, 11) is 0. The van der Waals surface area contributed by atoms with Crippen LogP contribution in [-0.2, 0) is 4.32 Å². The molecule has 0 amide bonds. The van der Waals surface area contributed by atoms with E-state index in [4.69, 9.17) is 0 Å². The summed E-state index contributed by atoms with van der Waals surface area (Å²) in [4.78, 5) is 4.06. The predicted molar refractivity (Wildman–Crippen MR) is 70.0 cm³/mol. The van der Waals surface area contributed by atoms with Gasteiger partial charge in [0, 0.05) is 0 Å². The van der Waals surface area contributed by atoms with Crippen LogP contribution in [0.25, 0.3) is 0 Å². The molecule has 1 aromatic heterocycles. The van der Waals surface area contributed by atoms with Gasteiger partial charge in [0.05, 0.1) is 10.4 Å². The molecule has 2 unspecified atom stereocenters. The summed E-state index contributed by atoms with van der Waals surface area (Å²) < 4.78 is 1.98. The molecular formula is C13H14BrN3. The van der Waals surface area contributed by atoms with E-state index in [1.165, 1.54) is 12.0 Å². The van der Waals surface area contributed by atoms with Crippen LogP contribution in [0.1, 0.15) is 30.9 Å². The van der Waals surface area contributed by atoms with Crippen molar-refractivity contribution < 1.29 is 0 Å². The number of alkyl halides is 1. The average molecular weight is 292 g/mol. The third-order valence-electron chi connectivity index (χ3n) is 3.56. The first kappa shape index (κ1) is 11.0. The minimum Gasteiger partial charge on any atom is -0.248 e. The first-order valence-corrected chi connectivity index (χ1v) is 6.68. The molecule has 0 saturated heterocycles. The summed E-state index contributed by atoms with van der Waals surface area (Å²) in [6.45, 7) is 0. The molecule has 0 bridgehead atoms. The molecule has 3 rings (SSSR count). The van der Waals surface area contributed by atoms with E-state index in [2.05, 4.69) is 56.3 Å². The molecule has 17 heavy (non-hydrogen) atoms. The van der Waals surface area contributed by atoms with Crippen LogP contribution in [0.3, 0.4) is 0 Å². The fraction of sp³-hybridized carbons (Fsp3) is 0.385. The second-order valence-electron chi connectivity index (χ2n) is 4.51. The average Bonchev–Trinajstić information content (AvgIpc) is 2.99. The van der Waals surface area contributed by atoms with Crippen molar-refractivity contribution in [2.24, 2.45) is 0 Å². The van der Waals surface area contributed by atoms with Crippen LogP contribution in [0, 0.1) is 0 Å². The fourth-order valence-electron chi connectivity index (χ4n) is 2.72. The fourth-order valence-corrected chi connectivity index (χ4v) is 3.70. The zero-order chi connectivity index (χ0) is 11.7. The Morgan fingerprint density at radius 2 is 2.12 bits per heavy atom. The highest BCUT2D eigenvalue weighted by molar-refractivity contribution is 9.09. The number of aromatic nitrogens is 3. The molecule has 1 aliphatic rings. The number of hydrogen-bond donors (Lipinski definition) is 0. The van der Waals surface area contributed by atoms with Crippen molar-refractivity contribution in [3.8, 4) is 0 Å². The van der Waals surface area contributed by atoms with Crippen LogP contribution in [0.4, 0.5) is 0 Å². The van der Waals surface area contributed by atoms with Crippen LogP contribution < -0.4 is 0 Å². The van der Waals surface area contributed by atoms with E-state index in [9.17, 15) is 0 Å². The van der Waals surface area contributed by atoms with Gasteiger partial charge in [0.25, 0.3) is 0 Å². The topological polar surface area (TPSA) is 30.7 Å². The molecule has 1 saturated carbocycles. The van der Waals surface area contributed by atoms with E-state index >= 15 is 0 Å². The highest BCUT2D eigenvalue weighted by Gasteiger charge is 2.43. The van der Waals surface area contributed by atoms with Gasteiger partial charge < -0.3 is 0 Å². The second kappa shape index (κ2) is 4.26. The molecule has 0 aliphatic heterocycles. The van der Waals surface area contributed by atoms with E-state index in [1.807, 2.05) is 11.0 Å². The Morgan fingerprint density at radius 3 is 2.82 bits per heavy atom. The Balaban J connectivity index is 2.01. The molecule has 88 valence electrons. The lowest BCUT2D eigenvalue weighted by atomic mass is 9.94. The van der Waals surface area contributed by atoms with E-state index in [0.717, 1.165) is 12.8 Å². The van der Waals surface area contributed by atoms with Crippen LogP contribution in [0.2, 0.25) is 0 Å². The van der Waals surface area contributed by atoms with Gasteiger partial charge in [-0.15, -0.1) is 0 Å². The summed E-state index contributed by atoms with van der Waals surface area (Å²) in [5.74, 6) is 0. The Bertz CT molecular complexity index is 483. The number of rotatable bonds is 2. The summed E-state index contributed by atoms with van der Waals surface area (Å²) in [6.07, 6.45) is 6.92. The van der Waals surface area contributed by atoms with Gasteiger partial charge in [-0.3, -0.25) is 0 Å². The van der Waals surface area contributed by atoms with E-state index < -0.39 is 0 Å². The normalized spacial score (nSPS) is 28.4. The first-order valence-electron chi connectivity index (χ1n) is 5.89. The highest BCUT2D eigenvalue weighted by atomic mass is 79.9. The molecule has 3 nitrogen and oxygen atoms in total. The number of nitrogens with zero attached hydrogens (tertiary/aromatic N) is 3. The van der Waals surface area contributed by atoms with Crippen molar-refractivity contribution in [3.05, 3.63) is 48.5 Å². The molecule has 2 atom stereocenters. The van der Waals surface area contributed by atoms with Gasteiger partial charge in [0.1, 0.15) is 12.7 Å². The van der Waals surface area contributed by atoms with Gasteiger partial charge in [-0.05, 0) is 24.8 Å². The Morgan fingerprint density at radius 1 is 1.29 bits per heavy atom. The van der Waals surface area contributed by atoms with E-state index in [-0.39, 0.29) is 4.32 Å². The minimum atomic E-state index is 0.00194. The van der Waals surface area contributed by atoms with Crippen LogP contribution in [0.15, 0.2) is 43.0 Å². The maximum Gasteiger partial charge on any atom is 0.137 e. The summed E-state index contributed by atoms with van der Waals surface area (Å²) in [5, 5.41) is 4.29. The standard InChI is InChI=1S/C13H14BrN3/c14-13(11-5-2-1-3-6-11)8-4-7-12(13)17-10-15-9-16-17/h1-3,5-6,9-10,12H,4,7-8H2. The Hall–Kier alpha value is -1.16. The SMILES string of the molecule is BrC1(c2ccccc2)CCCC1n1cncn1. The van der Waals surface area contributed by atoms with Crippen molar-refractivity contribution in [3.63, 3.8) is 0 Å². The van der Waals surface area contributed by atoms with Crippen LogP contribution in [0.5, 0.6) is 0 Å². The number of benzene rings is 1. The largest absolute Gasteiger partial charge is 0.248 e. The van der Waals surface area contributed by atoms with Gasteiger partial charge in [0.15, 0.2) is 0 Å². The van der Waals surface area contributed by atoms with Gasteiger partial charge >= 0.3 is 0 Å². The molecule has 0 N–H and O–H groups in total. The summed E-state index contributed by atoms with van der Waals surface area (Å²) in [6, 6.07) is 11.0. The van der Waals surface area contributed by atoms with Gasteiger partial charge in [-0.25, -0.2) is 9.67 Å². The van der Waals surface area contributed by atoms with Gasteiger partial charge in [0.2, 0.25) is 0 Å². The molecule has 1 fully saturated rings. The lowest BCUT2D eigenvalue weighted by molar-refractivity contribution is 0.399. The predicted octanol–water partition coefficient (Wildman–Crippen LogP) is 3.29. The molecule has 1 heterocycles. The van der Waals surface area contributed by atoms with Crippen molar-refractivity contribution in [1.29, 1.82) is 0 Å². The zero-order valence-corrected chi connectivity index (χ0v) is 11.0. The third kappa shape index (κ3) is 1.80. The summed E-state index contributed by atoms with van der Waals surface area (Å²) in [5.41, 5.74) is 1.33. The van der Waals surface area contributed by atoms with Crippen LogP contribution >= 0.6 is 15.9 Å². The van der Waals surface area contributed by atoms with Gasteiger partial charge in [-0.1, -0.05) is 46.3 Å².